The Kier molecular flexibility index (Phi) is 6.81. The SMILES string of the molecule is COc1ccc(COCCC(C)C)cc1C=CC(=O)O. The first-order chi connectivity index (χ1) is 9.52. The van der Waals surface area contributed by atoms with Gasteiger partial charge in [-0.1, -0.05) is 19.9 Å². The third-order valence-electron chi connectivity index (χ3n) is 2.81. The molecule has 1 aromatic rings. The molecule has 20 heavy (non-hydrogen) atoms. The smallest absolute Gasteiger partial charge is 0.328 e. The summed E-state index contributed by atoms with van der Waals surface area (Å²) in [6.45, 7) is 5.56. The third kappa shape index (κ3) is 5.89. The maximum Gasteiger partial charge on any atom is 0.328 e. The summed E-state index contributed by atoms with van der Waals surface area (Å²) in [6.07, 6.45) is 3.65. The van der Waals surface area contributed by atoms with Crippen LogP contribution in [0.2, 0.25) is 0 Å². The molecule has 0 saturated heterocycles. The van der Waals surface area contributed by atoms with Gasteiger partial charge in [-0.15, -0.1) is 0 Å². The number of carboxylic acids is 1. The van der Waals surface area contributed by atoms with Gasteiger partial charge in [0, 0.05) is 18.2 Å². The second-order valence-corrected chi connectivity index (χ2v) is 4.98. The van der Waals surface area contributed by atoms with Crippen molar-refractivity contribution in [3.05, 3.63) is 35.4 Å². The van der Waals surface area contributed by atoms with E-state index in [4.69, 9.17) is 14.6 Å². The Morgan fingerprint density at radius 3 is 2.75 bits per heavy atom. The Morgan fingerprint density at radius 1 is 1.40 bits per heavy atom. The highest BCUT2D eigenvalue weighted by Gasteiger charge is 2.03. The van der Waals surface area contributed by atoms with Crippen molar-refractivity contribution in [3.8, 4) is 5.75 Å². The molecule has 1 aromatic carbocycles. The Morgan fingerprint density at radius 2 is 2.15 bits per heavy atom. The second kappa shape index (κ2) is 8.38. The zero-order valence-electron chi connectivity index (χ0n) is 12.3. The van der Waals surface area contributed by atoms with Crippen molar-refractivity contribution in [2.45, 2.75) is 26.9 Å². The number of hydrogen-bond acceptors (Lipinski definition) is 3. The average Bonchev–Trinajstić information content (AvgIpc) is 2.41. The van der Waals surface area contributed by atoms with Crippen LogP contribution in [0.1, 0.15) is 31.4 Å². The van der Waals surface area contributed by atoms with E-state index < -0.39 is 5.97 Å². The third-order valence-corrected chi connectivity index (χ3v) is 2.81. The van der Waals surface area contributed by atoms with Crippen LogP contribution in [-0.2, 0) is 16.1 Å². The van der Waals surface area contributed by atoms with Crippen LogP contribution in [0.5, 0.6) is 5.75 Å². The lowest BCUT2D eigenvalue weighted by atomic mass is 10.1. The van der Waals surface area contributed by atoms with Crippen LogP contribution in [0.25, 0.3) is 6.08 Å². The van der Waals surface area contributed by atoms with Gasteiger partial charge in [0.05, 0.1) is 13.7 Å². The fourth-order valence-corrected chi connectivity index (χ4v) is 1.67. The highest BCUT2D eigenvalue weighted by molar-refractivity contribution is 5.85. The molecule has 0 spiro atoms. The summed E-state index contributed by atoms with van der Waals surface area (Å²) in [4.78, 5) is 10.6. The first kappa shape index (κ1) is 16.2. The van der Waals surface area contributed by atoms with E-state index in [1.807, 2.05) is 18.2 Å². The minimum absolute atomic E-state index is 0.518. The number of hydrogen-bond donors (Lipinski definition) is 1. The Labute approximate surface area is 120 Å². The number of ether oxygens (including phenoxy) is 2. The van der Waals surface area contributed by atoms with E-state index in [-0.39, 0.29) is 0 Å². The molecule has 4 heteroatoms. The predicted molar refractivity (Wildman–Crippen MR) is 78.8 cm³/mol. The van der Waals surface area contributed by atoms with E-state index in [9.17, 15) is 4.79 Å². The summed E-state index contributed by atoms with van der Waals surface area (Å²) in [5, 5.41) is 8.68. The maximum absolute atomic E-state index is 10.6. The van der Waals surface area contributed by atoms with Crippen molar-refractivity contribution in [1.29, 1.82) is 0 Å². The molecule has 0 fully saturated rings. The van der Waals surface area contributed by atoms with Crippen LogP contribution in [0.4, 0.5) is 0 Å². The zero-order valence-corrected chi connectivity index (χ0v) is 12.3. The summed E-state index contributed by atoms with van der Waals surface area (Å²) in [6, 6.07) is 5.63. The van der Waals surface area contributed by atoms with Gasteiger partial charge in [0.15, 0.2) is 0 Å². The molecule has 0 aromatic heterocycles. The standard InChI is InChI=1S/C16H22O4/c1-12(2)8-9-20-11-13-4-6-15(19-3)14(10-13)5-7-16(17)18/h4-7,10,12H,8-9,11H2,1-3H3,(H,17,18). The molecule has 4 nitrogen and oxygen atoms in total. The van der Waals surface area contributed by atoms with Crippen molar-refractivity contribution < 1.29 is 19.4 Å². The molecule has 0 saturated carbocycles. The van der Waals surface area contributed by atoms with Crippen LogP contribution in [0.3, 0.4) is 0 Å². The molecule has 0 heterocycles. The Balaban J connectivity index is 2.69. The number of benzene rings is 1. The van der Waals surface area contributed by atoms with E-state index in [1.165, 1.54) is 6.08 Å². The monoisotopic (exact) mass is 278 g/mol. The molecule has 0 aliphatic rings. The first-order valence-corrected chi connectivity index (χ1v) is 6.68. The first-order valence-electron chi connectivity index (χ1n) is 6.68. The Bertz CT molecular complexity index is 464. The van der Waals surface area contributed by atoms with Crippen molar-refractivity contribution in [3.63, 3.8) is 0 Å². The topological polar surface area (TPSA) is 55.8 Å². The van der Waals surface area contributed by atoms with Crippen molar-refractivity contribution in [1.82, 2.24) is 0 Å². The van der Waals surface area contributed by atoms with Crippen molar-refractivity contribution in [2.75, 3.05) is 13.7 Å². The molecule has 1 N–H and O–H groups in total. The molecular weight excluding hydrogens is 256 g/mol. The molecule has 0 bridgehead atoms. The van der Waals surface area contributed by atoms with Gasteiger partial charge in [0.2, 0.25) is 0 Å². The molecule has 0 amide bonds. The minimum atomic E-state index is -0.981. The molecule has 0 aliphatic heterocycles. The lowest BCUT2D eigenvalue weighted by Crippen LogP contribution is -2.00. The van der Waals surface area contributed by atoms with Gasteiger partial charge < -0.3 is 14.6 Å². The molecule has 0 aliphatic carbocycles. The second-order valence-electron chi connectivity index (χ2n) is 4.98. The fourth-order valence-electron chi connectivity index (χ4n) is 1.67. The molecule has 0 radical (unpaired) electrons. The summed E-state index contributed by atoms with van der Waals surface area (Å²) >= 11 is 0. The van der Waals surface area contributed by atoms with E-state index in [0.29, 0.717) is 18.3 Å². The van der Waals surface area contributed by atoms with Gasteiger partial charge >= 0.3 is 5.97 Å². The normalized spacial score (nSPS) is 11.2. The largest absolute Gasteiger partial charge is 0.496 e. The quantitative estimate of drug-likeness (QED) is 0.585. The van der Waals surface area contributed by atoms with Gasteiger partial charge in [0.1, 0.15) is 5.75 Å². The van der Waals surface area contributed by atoms with Crippen LogP contribution in [0, 0.1) is 5.92 Å². The van der Waals surface area contributed by atoms with Crippen LogP contribution >= 0.6 is 0 Å². The summed E-state index contributed by atoms with van der Waals surface area (Å²) in [5.41, 5.74) is 1.74. The van der Waals surface area contributed by atoms with Gasteiger partial charge in [0.25, 0.3) is 0 Å². The van der Waals surface area contributed by atoms with Gasteiger partial charge in [-0.25, -0.2) is 4.79 Å². The van der Waals surface area contributed by atoms with E-state index in [0.717, 1.165) is 30.2 Å². The predicted octanol–water partition coefficient (Wildman–Crippen LogP) is 3.36. The molecule has 1 rings (SSSR count). The number of methoxy groups -OCH3 is 1. The number of rotatable bonds is 8. The minimum Gasteiger partial charge on any atom is -0.496 e. The maximum atomic E-state index is 10.6. The molecule has 110 valence electrons. The highest BCUT2D eigenvalue weighted by Crippen LogP contribution is 2.22. The summed E-state index contributed by atoms with van der Waals surface area (Å²) in [7, 11) is 1.56. The van der Waals surface area contributed by atoms with Crippen LogP contribution < -0.4 is 4.74 Å². The lowest BCUT2D eigenvalue weighted by molar-refractivity contribution is -0.131. The fraction of sp³-hybridized carbons (Fsp3) is 0.438. The van der Waals surface area contributed by atoms with Gasteiger partial charge in [-0.2, -0.15) is 0 Å². The van der Waals surface area contributed by atoms with Gasteiger partial charge in [-0.05, 0) is 36.1 Å². The summed E-state index contributed by atoms with van der Waals surface area (Å²) in [5.74, 6) is 0.291. The summed E-state index contributed by atoms with van der Waals surface area (Å²) < 4.78 is 10.8. The average molecular weight is 278 g/mol. The van der Waals surface area contributed by atoms with Gasteiger partial charge in [-0.3, -0.25) is 0 Å². The number of carboxylic acid groups (broad SMARTS) is 1. The molecule has 0 atom stereocenters. The van der Waals surface area contributed by atoms with Crippen LogP contribution in [-0.4, -0.2) is 24.8 Å². The van der Waals surface area contributed by atoms with Crippen LogP contribution in [0.15, 0.2) is 24.3 Å². The van der Waals surface area contributed by atoms with E-state index in [1.54, 1.807) is 7.11 Å². The molecular formula is C16H22O4. The zero-order chi connectivity index (χ0) is 15.0. The van der Waals surface area contributed by atoms with Crippen molar-refractivity contribution >= 4 is 12.0 Å². The number of aliphatic carboxylic acids is 1. The van der Waals surface area contributed by atoms with Crippen molar-refractivity contribution in [2.24, 2.45) is 5.92 Å². The van der Waals surface area contributed by atoms with E-state index >= 15 is 0 Å². The number of carbonyl (C=O) groups is 1. The molecule has 0 unspecified atom stereocenters. The lowest BCUT2D eigenvalue weighted by Gasteiger charge is -2.09. The Hall–Kier alpha value is -1.81. The highest BCUT2D eigenvalue weighted by atomic mass is 16.5. The van der Waals surface area contributed by atoms with E-state index in [2.05, 4.69) is 13.8 Å².